The second kappa shape index (κ2) is 5.62. The van der Waals surface area contributed by atoms with Gasteiger partial charge >= 0.3 is 0 Å². The second-order valence-electron chi connectivity index (χ2n) is 5.45. The summed E-state index contributed by atoms with van der Waals surface area (Å²) in [7, 11) is 0. The highest BCUT2D eigenvalue weighted by Crippen LogP contribution is 2.36. The third kappa shape index (κ3) is 2.30. The summed E-state index contributed by atoms with van der Waals surface area (Å²) < 4.78 is 5.75. The summed E-state index contributed by atoms with van der Waals surface area (Å²) in [6, 6.07) is 19.0. The Labute approximate surface area is 143 Å². The van der Waals surface area contributed by atoms with Gasteiger partial charge in [0.05, 0.1) is 5.02 Å². The molecule has 0 N–H and O–H groups in total. The van der Waals surface area contributed by atoms with Gasteiger partial charge in [0.15, 0.2) is 11.6 Å². The molecule has 1 aliphatic carbocycles. The van der Waals surface area contributed by atoms with E-state index < -0.39 is 0 Å². The van der Waals surface area contributed by atoms with Crippen LogP contribution in [0.2, 0.25) is 5.02 Å². The van der Waals surface area contributed by atoms with Crippen molar-refractivity contribution in [1.82, 2.24) is 0 Å². The first kappa shape index (κ1) is 14.7. The van der Waals surface area contributed by atoms with Gasteiger partial charge in [-0.1, -0.05) is 54.1 Å². The molecule has 0 radical (unpaired) electrons. The van der Waals surface area contributed by atoms with Crippen LogP contribution in [0.3, 0.4) is 0 Å². The van der Waals surface area contributed by atoms with Crippen LogP contribution >= 0.6 is 11.6 Å². The molecule has 0 spiro atoms. The highest BCUT2D eigenvalue weighted by molar-refractivity contribution is 6.34. The Balaban J connectivity index is 1.83. The van der Waals surface area contributed by atoms with Crippen LogP contribution in [0, 0.1) is 0 Å². The molecule has 0 aromatic heterocycles. The molecule has 1 aliphatic rings. The van der Waals surface area contributed by atoms with Gasteiger partial charge in [0.2, 0.25) is 0 Å². The van der Waals surface area contributed by atoms with E-state index >= 15 is 0 Å². The number of hydrogen-bond donors (Lipinski definition) is 0. The van der Waals surface area contributed by atoms with E-state index in [0.29, 0.717) is 33.8 Å². The van der Waals surface area contributed by atoms with E-state index in [0.717, 1.165) is 0 Å². The molecule has 0 fully saturated rings. The van der Waals surface area contributed by atoms with Crippen molar-refractivity contribution in [3.8, 4) is 11.5 Å². The van der Waals surface area contributed by atoms with Crippen molar-refractivity contribution in [3.05, 3.63) is 94.0 Å². The van der Waals surface area contributed by atoms with Gasteiger partial charge < -0.3 is 4.74 Å². The van der Waals surface area contributed by atoms with Crippen LogP contribution in [-0.4, -0.2) is 11.6 Å². The van der Waals surface area contributed by atoms with Gasteiger partial charge in [0.1, 0.15) is 11.5 Å². The van der Waals surface area contributed by atoms with Crippen molar-refractivity contribution < 1.29 is 14.3 Å². The molecule has 0 amide bonds. The fraction of sp³-hybridized carbons (Fsp3) is 0. The topological polar surface area (TPSA) is 43.4 Å². The number of carbonyl (C=O) groups excluding carboxylic acids is 2. The standard InChI is InChI=1S/C20H11ClO3/c21-17-10-15-16(11-18(17)24-12-6-2-1-3-7-12)20(23)14-9-5-4-8-13(14)19(15)22/h1-11H. The Hall–Kier alpha value is -2.91. The predicted molar refractivity (Wildman–Crippen MR) is 91.3 cm³/mol. The Morgan fingerprint density at radius 3 is 1.83 bits per heavy atom. The van der Waals surface area contributed by atoms with Crippen molar-refractivity contribution in [1.29, 1.82) is 0 Å². The Morgan fingerprint density at radius 1 is 0.667 bits per heavy atom. The number of halogens is 1. The van der Waals surface area contributed by atoms with Gasteiger partial charge in [-0.15, -0.1) is 0 Å². The lowest BCUT2D eigenvalue weighted by atomic mass is 9.84. The average Bonchev–Trinajstić information content (AvgIpc) is 2.62. The van der Waals surface area contributed by atoms with Crippen LogP contribution in [0.25, 0.3) is 0 Å². The van der Waals surface area contributed by atoms with E-state index in [9.17, 15) is 9.59 Å². The van der Waals surface area contributed by atoms with E-state index in [1.165, 1.54) is 6.07 Å². The molecule has 0 bridgehead atoms. The maximum absolute atomic E-state index is 12.7. The maximum Gasteiger partial charge on any atom is 0.194 e. The molecular weight excluding hydrogens is 324 g/mol. The van der Waals surface area contributed by atoms with Gasteiger partial charge in [-0.05, 0) is 24.3 Å². The van der Waals surface area contributed by atoms with E-state index in [2.05, 4.69) is 0 Å². The van der Waals surface area contributed by atoms with Crippen LogP contribution in [0.15, 0.2) is 66.7 Å². The predicted octanol–water partition coefficient (Wildman–Crippen LogP) is 4.91. The van der Waals surface area contributed by atoms with Crippen LogP contribution in [0.1, 0.15) is 31.8 Å². The number of fused-ring (bicyclic) bond motifs is 2. The molecule has 0 atom stereocenters. The van der Waals surface area contributed by atoms with Gasteiger partial charge in [0, 0.05) is 22.3 Å². The molecule has 4 rings (SSSR count). The first-order valence-corrected chi connectivity index (χ1v) is 7.78. The number of ketones is 2. The summed E-state index contributed by atoms with van der Waals surface area (Å²) in [4.78, 5) is 25.3. The number of para-hydroxylation sites is 1. The lowest BCUT2D eigenvalue weighted by molar-refractivity contribution is 0.0979. The van der Waals surface area contributed by atoms with E-state index in [-0.39, 0.29) is 16.6 Å². The number of carbonyl (C=O) groups is 2. The molecule has 0 unspecified atom stereocenters. The summed E-state index contributed by atoms with van der Waals surface area (Å²) in [5.41, 5.74) is 1.43. The fourth-order valence-electron chi connectivity index (χ4n) is 2.79. The minimum absolute atomic E-state index is 0.199. The molecule has 3 aromatic carbocycles. The molecule has 0 heterocycles. The smallest absolute Gasteiger partial charge is 0.194 e. The zero-order chi connectivity index (χ0) is 16.7. The Bertz CT molecular complexity index is 977. The van der Waals surface area contributed by atoms with Gasteiger partial charge in [-0.25, -0.2) is 0 Å². The molecule has 4 heteroatoms. The van der Waals surface area contributed by atoms with Crippen LogP contribution in [-0.2, 0) is 0 Å². The van der Waals surface area contributed by atoms with Gasteiger partial charge in [-0.2, -0.15) is 0 Å². The van der Waals surface area contributed by atoms with Crippen molar-refractivity contribution in [2.24, 2.45) is 0 Å². The molecule has 0 saturated heterocycles. The molecule has 3 aromatic rings. The molecule has 24 heavy (non-hydrogen) atoms. The van der Waals surface area contributed by atoms with Crippen molar-refractivity contribution in [2.75, 3.05) is 0 Å². The highest BCUT2D eigenvalue weighted by Gasteiger charge is 2.30. The van der Waals surface area contributed by atoms with Gasteiger partial charge in [0.25, 0.3) is 0 Å². The third-order valence-electron chi connectivity index (χ3n) is 3.95. The maximum atomic E-state index is 12.7. The number of rotatable bonds is 2. The van der Waals surface area contributed by atoms with Crippen LogP contribution < -0.4 is 4.74 Å². The lowest BCUT2D eigenvalue weighted by Crippen LogP contribution is -2.20. The molecule has 116 valence electrons. The van der Waals surface area contributed by atoms with Gasteiger partial charge in [-0.3, -0.25) is 9.59 Å². The fourth-order valence-corrected chi connectivity index (χ4v) is 2.99. The van der Waals surface area contributed by atoms with Crippen molar-refractivity contribution >= 4 is 23.2 Å². The van der Waals surface area contributed by atoms with Crippen molar-refractivity contribution in [3.63, 3.8) is 0 Å². The first-order valence-electron chi connectivity index (χ1n) is 7.40. The summed E-state index contributed by atoms with van der Waals surface area (Å²) in [6.07, 6.45) is 0. The summed E-state index contributed by atoms with van der Waals surface area (Å²) in [6.45, 7) is 0. The number of hydrogen-bond acceptors (Lipinski definition) is 3. The Kier molecular flexibility index (Phi) is 3.44. The largest absolute Gasteiger partial charge is 0.456 e. The van der Waals surface area contributed by atoms with Crippen molar-refractivity contribution in [2.45, 2.75) is 0 Å². The average molecular weight is 335 g/mol. The molecule has 0 saturated carbocycles. The summed E-state index contributed by atoms with van der Waals surface area (Å²) in [5, 5.41) is 0.290. The summed E-state index contributed by atoms with van der Waals surface area (Å²) >= 11 is 6.26. The second-order valence-corrected chi connectivity index (χ2v) is 5.85. The zero-order valence-corrected chi connectivity index (χ0v) is 13.2. The minimum Gasteiger partial charge on any atom is -0.456 e. The normalized spacial score (nSPS) is 12.5. The number of ether oxygens (including phenoxy) is 1. The first-order chi connectivity index (χ1) is 11.6. The van der Waals surface area contributed by atoms with E-state index in [1.54, 1.807) is 42.5 Å². The van der Waals surface area contributed by atoms with Crippen LogP contribution in [0.5, 0.6) is 11.5 Å². The molecule has 3 nitrogen and oxygen atoms in total. The Morgan fingerprint density at radius 2 is 1.21 bits per heavy atom. The van der Waals surface area contributed by atoms with E-state index in [4.69, 9.17) is 16.3 Å². The highest BCUT2D eigenvalue weighted by atomic mass is 35.5. The number of benzene rings is 3. The SMILES string of the molecule is O=C1c2ccccc2C(=O)c2cc(Oc3ccccc3)c(Cl)cc21. The molecule has 0 aliphatic heterocycles. The van der Waals surface area contributed by atoms with Crippen LogP contribution in [0.4, 0.5) is 0 Å². The zero-order valence-electron chi connectivity index (χ0n) is 12.5. The third-order valence-corrected chi connectivity index (χ3v) is 4.24. The quantitative estimate of drug-likeness (QED) is 0.523. The van der Waals surface area contributed by atoms with E-state index in [1.807, 2.05) is 18.2 Å². The summed E-state index contributed by atoms with van der Waals surface area (Å²) in [5.74, 6) is 0.555. The molecular formula is C20H11ClO3. The monoisotopic (exact) mass is 334 g/mol. The minimum atomic E-state index is -0.201. The lowest BCUT2D eigenvalue weighted by Gasteiger charge is -2.19.